The third-order valence-electron chi connectivity index (χ3n) is 6.63. The Balaban J connectivity index is 1.69. The summed E-state index contributed by atoms with van der Waals surface area (Å²) in [6.07, 6.45) is 1.75. The number of fused-ring (bicyclic) bond motifs is 2. The number of aliphatic hydroxyl groups excluding tert-OH is 1. The summed E-state index contributed by atoms with van der Waals surface area (Å²) in [7, 11) is 3.86. The summed E-state index contributed by atoms with van der Waals surface area (Å²) in [4.78, 5) is 30.1. The highest BCUT2D eigenvalue weighted by molar-refractivity contribution is 6.46. The second-order valence-corrected chi connectivity index (χ2v) is 9.14. The highest BCUT2D eigenvalue weighted by Crippen LogP contribution is 2.42. The highest BCUT2D eigenvalue weighted by atomic mass is 16.5. The van der Waals surface area contributed by atoms with Crippen LogP contribution in [0.2, 0.25) is 0 Å². The molecule has 1 N–H and O–H groups in total. The molecule has 1 atom stereocenters. The molecule has 3 aromatic carbocycles. The predicted octanol–water partition coefficient (Wildman–Crippen LogP) is 4.15. The first-order valence-corrected chi connectivity index (χ1v) is 11.6. The lowest BCUT2D eigenvalue weighted by Gasteiger charge is -2.27. The van der Waals surface area contributed by atoms with Gasteiger partial charge in [0.05, 0.1) is 18.2 Å². The molecule has 2 aliphatic rings. The van der Waals surface area contributed by atoms with Crippen LogP contribution in [0.25, 0.3) is 16.5 Å². The minimum Gasteiger partial charge on any atom is -0.507 e. The van der Waals surface area contributed by atoms with Crippen molar-refractivity contribution in [3.05, 3.63) is 82.9 Å². The molecule has 3 aromatic rings. The molecule has 1 amide bonds. The van der Waals surface area contributed by atoms with E-state index in [4.69, 9.17) is 4.74 Å². The molecular weight excluding hydrogens is 428 g/mol. The second kappa shape index (κ2) is 8.95. The summed E-state index contributed by atoms with van der Waals surface area (Å²) in [6, 6.07) is 18.6. The van der Waals surface area contributed by atoms with Gasteiger partial charge >= 0.3 is 0 Å². The number of likely N-dealkylation sites (tertiary alicyclic amines) is 1. The third kappa shape index (κ3) is 3.84. The van der Waals surface area contributed by atoms with E-state index in [9.17, 15) is 14.7 Å². The van der Waals surface area contributed by atoms with Crippen LogP contribution in [0.15, 0.2) is 66.2 Å². The van der Waals surface area contributed by atoms with Crippen molar-refractivity contribution in [3.8, 4) is 5.75 Å². The van der Waals surface area contributed by atoms with Crippen molar-refractivity contribution in [1.29, 1.82) is 0 Å². The minimum absolute atomic E-state index is 0.136. The Morgan fingerprint density at radius 3 is 2.71 bits per heavy atom. The van der Waals surface area contributed by atoms with Gasteiger partial charge in [0.1, 0.15) is 11.5 Å². The van der Waals surface area contributed by atoms with E-state index < -0.39 is 17.7 Å². The van der Waals surface area contributed by atoms with Gasteiger partial charge in [-0.05, 0) is 67.0 Å². The number of amides is 1. The van der Waals surface area contributed by atoms with Crippen molar-refractivity contribution in [2.45, 2.75) is 18.9 Å². The van der Waals surface area contributed by atoms with Crippen molar-refractivity contribution in [1.82, 2.24) is 9.80 Å². The Kier molecular flexibility index (Phi) is 5.84. The first-order chi connectivity index (χ1) is 16.5. The summed E-state index contributed by atoms with van der Waals surface area (Å²) in [5.74, 6) is -0.567. The van der Waals surface area contributed by atoms with Crippen LogP contribution < -0.4 is 4.74 Å². The number of aryl methyl sites for hydroxylation is 1. The van der Waals surface area contributed by atoms with E-state index in [-0.39, 0.29) is 11.3 Å². The average Bonchev–Trinajstić information content (AvgIpc) is 3.11. The van der Waals surface area contributed by atoms with Crippen LogP contribution in [0.4, 0.5) is 0 Å². The highest BCUT2D eigenvalue weighted by Gasteiger charge is 2.46. The van der Waals surface area contributed by atoms with Gasteiger partial charge in [0.15, 0.2) is 0 Å². The van der Waals surface area contributed by atoms with Gasteiger partial charge in [-0.25, -0.2) is 0 Å². The summed E-state index contributed by atoms with van der Waals surface area (Å²) >= 11 is 0. The van der Waals surface area contributed by atoms with Crippen LogP contribution in [0, 0.1) is 0 Å². The van der Waals surface area contributed by atoms with Crippen LogP contribution in [0.5, 0.6) is 5.75 Å². The molecule has 1 fully saturated rings. The molecule has 34 heavy (non-hydrogen) atoms. The Bertz CT molecular complexity index is 1310. The number of aliphatic hydroxyl groups is 1. The van der Waals surface area contributed by atoms with Crippen LogP contribution in [-0.4, -0.2) is 60.4 Å². The Morgan fingerprint density at radius 1 is 1.09 bits per heavy atom. The largest absolute Gasteiger partial charge is 0.507 e. The first kappa shape index (κ1) is 22.2. The smallest absolute Gasteiger partial charge is 0.295 e. The number of carbonyl (C=O) groups is 2. The zero-order valence-electron chi connectivity index (χ0n) is 19.5. The van der Waals surface area contributed by atoms with Crippen LogP contribution in [-0.2, 0) is 16.0 Å². The normalized spacial score (nSPS) is 19.5. The predicted molar refractivity (Wildman–Crippen MR) is 132 cm³/mol. The van der Waals surface area contributed by atoms with Gasteiger partial charge in [0, 0.05) is 18.7 Å². The second-order valence-electron chi connectivity index (χ2n) is 9.14. The van der Waals surface area contributed by atoms with E-state index in [2.05, 4.69) is 0 Å². The molecule has 0 saturated carbocycles. The quantitative estimate of drug-likeness (QED) is 0.355. The van der Waals surface area contributed by atoms with Crippen LogP contribution >= 0.6 is 0 Å². The fraction of sp³-hybridized carbons (Fsp3) is 0.286. The maximum atomic E-state index is 13.3. The molecule has 6 nitrogen and oxygen atoms in total. The molecule has 6 heteroatoms. The number of likely N-dealkylation sites (N-methyl/N-ethyl adjacent to an activating group) is 1. The molecule has 2 aliphatic heterocycles. The number of ketones is 1. The molecule has 174 valence electrons. The fourth-order valence-electron chi connectivity index (χ4n) is 4.89. The molecule has 0 radical (unpaired) electrons. The van der Waals surface area contributed by atoms with E-state index in [1.807, 2.05) is 73.6 Å². The maximum absolute atomic E-state index is 13.3. The number of nitrogens with zero attached hydrogens (tertiary/aromatic N) is 2. The number of rotatable bonds is 5. The van der Waals surface area contributed by atoms with Crippen LogP contribution in [0.1, 0.15) is 29.2 Å². The number of Topliss-reactive ketones (excluding diaryl/α,β-unsaturated/α-hetero) is 1. The van der Waals surface area contributed by atoms with E-state index in [0.29, 0.717) is 25.3 Å². The lowest BCUT2D eigenvalue weighted by Crippen LogP contribution is -2.35. The topological polar surface area (TPSA) is 70.1 Å². The summed E-state index contributed by atoms with van der Waals surface area (Å²) in [6.45, 7) is 1.65. The van der Waals surface area contributed by atoms with Crippen molar-refractivity contribution < 1.29 is 19.4 Å². The SMILES string of the molecule is CN(C)CCN1C(=O)C(=O)/C(=C(\O)c2ccc3c(c2)CCCO3)C1c1cccc2ccccc12. The lowest BCUT2D eigenvalue weighted by molar-refractivity contribution is -0.140. The van der Waals surface area contributed by atoms with Crippen molar-refractivity contribution in [3.63, 3.8) is 0 Å². The average molecular weight is 457 g/mol. The van der Waals surface area contributed by atoms with Gasteiger partial charge in [-0.15, -0.1) is 0 Å². The number of hydrogen-bond donors (Lipinski definition) is 1. The maximum Gasteiger partial charge on any atom is 0.295 e. The monoisotopic (exact) mass is 456 g/mol. The van der Waals surface area contributed by atoms with Gasteiger partial charge in [0.2, 0.25) is 0 Å². The van der Waals surface area contributed by atoms with E-state index in [0.717, 1.165) is 40.5 Å². The molecule has 0 aliphatic carbocycles. The zero-order chi connectivity index (χ0) is 23.8. The summed E-state index contributed by atoms with van der Waals surface area (Å²) < 4.78 is 5.70. The van der Waals surface area contributed by atoms with Gasteiger partial charge < -0.3 is 19.6 Å². The third-order valence-corrected chi connectivity index (χ3v) is 6.63. The fourth-order valence-corrected chi connectivity index (χ4v) is 4.89. The number of carbonyl (C=O) groups excluding carboxylic acids is 2. The Hall–Kier alpha value is -3.64. The minimum atomic E-state index is -0.668. The molecular formula is C28H28N2O4. The van der Waals surface area contributed by atoms with Crippen molar-refractivity contribution in [2.75, 3.05) is 33.8 Å². The lowest BCUT2D eigenvalue weighted by atomic mass is 9.91. The van der Waals surface area contributed by atoms with Gasteiger partial charge in [-0.1, -0.05) is 42.5 Å². The number of hydrogen-bond acceptors (Lipinski definition) is 5. The molecule has 2 heterocycles. The summed E-state index contributed by atoms with van der Waals surface area (Å²) in [5, 5.41) is 13.4. The molecule has 5 rings (SSSR count). The Labute approximate surface area is 199 Å². The Morgan fingerprint density at radius 2 is 1.88 bits per heavy atom. The summed E-state index contributed by atoms with van der Waals surface area (Å²) in [5.41, 5.74) is 2.50. The van der Waals surface area contributed by atoms with Crippen LogP contribution in [0.3, 0.4) is 0 Å². The zero-order valence-corrected chi connectivity index (χ0v) is 19.5. The van der Waals surface area contributed by atoms with E-state index >= 15 is 0 Å². The van der Waals surface area contributed by atoms with Crippen molar-refractivity contribution >= 4 is 28.2 Å². The van der Waals surface area contributed by atoms with Gasteiger partial charge in [-0.3, -0.25) is 9.59 Å². The van der Waals surface area contributed by atoms with E-state index in [1.54, 1.807) is 11.0 Å². The first-order valence-electron chi connectivity index (χ1n) is 11.6. The molecule has 0 bridgehead atoms. The number of ether oxygens (including phenoxy) is 1. The molecule has 0 aromatic heterocycles. The number of benzene rings is 3. The molecule has 1 saturated heterocycles. The van der Waals surface area contributed by atoms with E-state index in [1.165, 1.54) is 0 Å². The van der Waals surface area contributed by atoms with Gasteiger partial charge in [-0.2, -0.15) is 0 Å². The van der Waals surface area contributed by atoms with Gasteiger partial charge in [0.25, 0.3) is 11.7 Å². The molecule has 0 spiro atoms. The standard InChI is InChI=1S/C28H28N2O4/c1-29(2)14-15-30-25(22-11-5-8-18-7-3-4-10-21(18)22)24(27(32)28(30)33)26(31)20-12-13-23-19(17-20)9-6-16-34-23/h3-5,7-8,10-13,17,25,31H,6,9,14-16H2,1-2H3/b26-24-. The molecule has 1 unspecified atom stereocenters. The van der Waals surface area contributed by atoms with Crippen molar-refractivity contribution in [2.24, 2.45) is 0 Å².